The normalized spacial score (nSPS) is 13.2. The SMILES string of the molecule is CCN(CCOCCOCC(C)(C)C)CCC(C)(C)C. The van der Waals surface area contributed by atoms with Gasteiger partial charge in [0, 0.05) is 6.54 Å². The maximum atomic E-state index is 5.65. The number of hydrogen-bond donors (Lipinski definition) is 0. The molecule has 0 saturated heterocycles. The third-order valence-corrected chi connectivity index (χ3v) is 3.08. The molecule has 0 aliphatic rings. The molecule has 0 aliphatic heterocycles. The average molecular weight is 287 g/mol. The maximum Gasteiger partial charge on any atom is 0.0701 e. The average Bonchev–Trinajstić information content (AvgIpc) is 2.29. The van der Waals surface area contributed by atoms with Crippen molar-refractivity contribution in [1.29, 1.82) is 0 Å². The molecule has 0 atom stereocenters. The number of rotatable bonds is 10. The highest BCUT2D eigenvalue weighted by atomic mass is 16.5. The minimum absolute atomic E-state index is 0.242. The summed E-state index contributed by atoms with van der Waals surface area (Å²) >= 11 is 0. The zero-order chi connectivity index (χ0) is 15.6. The van der Waals surface area contributed by atoms with Crippen LogP contribution in [0.3, 0.4) is 0 Å². The van der Waals surface area contributed by atoms with Crippen LogP contribution in [0, 0.1) is 10.8 Å². The minimum atomic E-state index is 0.242. The van der Waals surface area contributed by atoms with Crippen LogP contribution >= 0.6 is 0 Å². The van der Waals surface area contributed by atoms with Crippen LogP contribution in [0.1, 0.15) is 54.9 Å². The number of nitrogens with zero attached hydrogens (tertiary/aromatic N) is 1. The summed E-state index contributed by atoms with van der Waals surface area (Å²) in [5, 5.41) is 0. The molecule has 0 aliphatic carbocycles. The van der Waals surface area contributed by atoms with Crippen LogP contribution in [0.25, 0.3) is 0 Å². The predicted octanol–water partition coefficient (Wildman–Crippen LogP) is 3.82. The summed E-state index contributed by atoms with van der Waals surface area (Å²) < 4.78 is 11.2. The minimum Gasteiger partial charge on any atom is -0.379 e. The molecule has 0 amide bonds. The summed E-state index contributed by atoms with van der Waals surface area (Å²) in [4.78, 5) is 2.46. The van der Waals surface area contributed by atoms with E-state index in [0.29, 0.717) is 18.6 Å². The van der Waals surface area contributed by atoms with Crippen molar-refractivity contribution < 1.29 is 9.47 Å². The summed E-state index contributed by atoms with van der Waals surface area (Å²) in [7, 11) is 0. The van der Waals surface area contributed by atoms with Crippen LogP contribution in [0.15, 0.2) is 0 Å². The summed E-state index contributed by atoms with van der Waals surface area (Å²) in [6.45, 7) is 21.9. The van der Waals surface area contributed by atoms with Crippen molar-refractivity contribution in [2.45, 2.75) is 54.9 Å². The van der Waals surface area contributed by atoms with E-state index in [1.165, 1.54) is 6.42 Å². The first-order valence-electron chi connectivity index (χ1n) is 8.02. The summed E-state index contributed by atoms with van der Waals surface area (Å²) in [5.41, 5.74) is 0.654. The Hall–Kier alpha value is -0.120. The molecular weight excluding hydrogens is 250 g/mol. The van der Waals surface area contributed by atoms with E-state index in [0.717, 1.165) is 32.8 Å². The maximum absolute atomic E-state index is 5.65. The largest absolute Gasteiger partial charge is 0.379 e. The Balaban J connectivity index is 3.52. The number of ether oxygens (including phenoxy) is 2. The van der Waals surface area contributed by atoms with E-state index in [-0.39, 0.29) is 5.41 Å². The van der Waals surface area contributed by atoms with Crippen LogP contribution in [0.4, 0.5) is 0 Å². The third-order valence-electron chi connectivity index (χ3n) is 3.08. The Morgan fingerprint density at radius 3 is 1.85 bits per heavy atom. The lowest BCUT2D eigenvalue weighted by atomic mass is 9.92. The molecule has 3 heteroatoms. The van der Waals surface area contributed by atoms with Gasteiger partial charge in [0.05, 0.1) is 26.4 Å². The van der Waals surface area contributed by atoms with Gasteiger partial charge in [0.25, 0.3) is 0 Å². The molecule has 0 N–H and O–H groups in total. The first-order chi connectivity index (χ1) is 9.14. The molecule has 0 unspecified atom stereocenters. The van der Waals surface area contributed by atoms with E-state index in [1.807, 2.05) is 0 Å². The topological polar surface area (TPSA) is 21.7 Å². The van der Waals surface area contributed by atoms with Crippen molar-refractivity contribution in [3.05, 3.63) is 0 Å². The Morgan fingerprint density at radius 1 is 0.750 bits per heavy atom. The monoisotopic (exact) mass is 287 g/mol. The lowest BCUT2D eigenvalue weighted by Gasteiger charge is -2.25. The van der Waals surface area contributed by atoms with Crippen LogP contribution < -0.4 is 0 Å². The van der Waals surface area contributed by atoms with E-state index >= 15 is 0 Å². The first kappa shape index (κ1) is 19.9. The molecule has 122 valence electrons. The number of hydrogen-bond acceptors (Lipinski definition) is 3. The van der Waals surface area contributed by atoms with Crippen molar-refractivity contribution in [3.8, 4) is 0 Å². The van der Waals surface area contributed by atoms with E-state index in [9.17, 15) is 0 Å². The first-order valence-corrected chi connectivity index (χ1v) is 8.02. The summed E-state index contributed by atoms with van der Waals surface area (Å²) in [6, 6.07) is 0. The van der Waals surface area contributed by atoms with Gasteiger partial charge in [-0.15, -0.1) is 0 Å². The van der Waals surface area contributed by atoms with Gasteiger partial charge < -0.3 is 14.4 Å². The molecule has 0 rings (SSSR count). The van der Waals surface area contributed by atoms with Gasteiger partial charge >= 0.3 is 0 Å². The van der Waals surface area contributed by atoms with Gasteiger partial charge in [-0.2, -0.15) is 0 Å². The molecule has 3 nitrogen and oxygen atoms in total. The highest BCUT2D eigenvalue weighted by Crippen LogP contribution is 2.18. The Bertz CT molecular complexity index is 228. The predicted molar refractivity (Wildman–Crippen MR) is 87.3 cm³/mol. The van der Waals surface area contributed by atoms with E-state index in [2.05, 4.69) is 53.4 Å². The Morgan fingerprint density at radius 2 is 1.35 bits per heavy atom. The van der Waals surface area contributed by atoms with Crippen LogP contribution in [0.2, 0.25) is 0 Å². The van der Waals surface area contributed by atoms with Crippen molar-refractivity contribution in [2.24, 2.45) is 10.8 Å². The molecule has 0 radical (unpaired) electrons. The lowest BCUT2D eigenvalue weighted by Crippen LogP contribution is -2.31. The van der Waals surface area contributed by atoms with E-state index in [4.69, 9.17) is 9.47 Å². The van der Waals surface area contributed by atoms with Gasteiger partial charge in [0.1, 0.15) is 0 Å². The van der Waals surface area contributed by atoms with Crippen molar-refractivity contribution in [3.63, 3.8) is 0 Å². The van der Waals surface area contributed by atoms with Gasteiger partial charge in [0.2, 0.25) is 0 Å². The molecule has 0 heterocycles. The molecule has 0 aromatic rings. The fourth-order valence-electron chi connectivity index (χ4n) is 1.71. The van der Waals surface area contributed by atoms with Crippen LogP contribution in [-0.4, -0.2) is 51.0 Å². The molecule has 0 aromatic heterocycles. The summed E-state index contributed by atoms with van der Waals surface area (Å²) in [6.07, 6.45) is 1.23. The number of likely N-dealkylation sites (N-methyl/N-ethyl adjacent to an activating group) is 1. The molecule has 0 saturated carbocycles. The second-order valence-electron chi connectivity index (χ2n) is 7.97. The standard InChI is InChI=1S/C17H37NO2/c1-8-18(10-9-16(2,3)4)11-12-19-13-14-20-15-17(5,6)7/h8-15H2,1-7H3. The molecule has 0 spiro atoms. The molecular formula is C17H37NO2. The highest BCUT2D eigenvalue weighted by Gasteiger charge is 2.12. The molecule has 20 heavy (non-hydrogen) atoms. The molecule has 0 fully saturated rings. The smallest absolute Gasteiger partial charge is 0.0701 e. The lowest BCUT2D eigenvalue weighted by molar-refractivity contribution is 0.0140. The third kappa shape index (κ3) is 14.3. The van der Waals surface area contributed by atoms with E-state index < -0.39 is 0 Å². The fraction of sp³-hybridized carbons (Fsp3) is 1.00. The molecule has 0 bridgehead atoms. The quantitative estimate of drug-likeness (QED) is 0.570. The van der Waals surface area contributed by atoms with Crippen molar-refractivity contribution in [1.82, 2.24) is 4.90 Å². The highest BCUT2D eigenvalue weighted by molar-refractivity contribution is 4.65. The van der Waals surface area contributed by atoms with E-state index in [1.54, 1.807) is 0 Å². The zero-order valence-corrected chi connectivity index (χ0v) is 14.9. The fourth-order valence-corrected chi connectivity index (χ4v) is 1.71. The summed E-state index contributed by atoms with van der Waals surface area (Å²) in [5.74, 6) is 0. The Labute approximate surface area is 127 Å². The van der Waals surface area contributed by atoms with Gasteiger partial charge in [-0.3, -0.25) is 0 Å². The Kier molecular flexibility index (Phi) is 9.69. The van der Waals surface area contributed by atoms with Gasteiger partial charge in [-0.05, 0) is 30.3 Å². The van der Waals surface area contributed by atoms with Crippen molar-refractivity contribution in [2.75, 3.05) is 46.1 Å². The van der Waals surface area contributed by atoms with Gasteiger partial charge in [0.15, 0.2) is 0 Å². The molecule has 0 aromatic carbocycles. The second kappa shape index (κ2) is 9.75. The van der Waals surface area contributed by atoms with Crippen LogP contribution in [0.5, 0.6) is 0 Å². The second-order valence-corrected chi connectivity index (χ2v) is 7.97. The van der Waals surface area contributed by atoms with Crippen LogP contribution in [-0.2, 0) is 9.47 Å². The van der Waals surface area contributed by atoms with Gasteiger partial charge in [-0.1, -0.05) is 48.5 Å². The van der Waals surface area contributed by atoms with Crippen molar-refractivity contribution >= 4 is 0 Å². The zero-order valence-electron chi connectivity index (χ0n) is 14.9. The van der Waals surface area contributed by atoms with Gasteiger partial charge in [-0.25, -0.2) is 0 Å².